The second kappa shape index (κ2) is 4.73. The van der Waals surface area contributed by atoms with Crippen LogP contribution < -0.4 is 5.73 Å². The Morgan fingerprint density at radius 2 is 2.40 bits per heavy atom. The highest BCUT2D eigenvalue weighted by atomic mass is 16.5. The summed E-state index contributed by atoms with van der Waals surface area (Å²) in [4.78, 5) is 4.30. The molecule has 0 bridgehead atoms. The number of nitrogens with two attached hydrogens (primary N) is 1. The molecular weight excluding hydrogens is 188 g/mol. The van der Waals surface area contributed by atoms with Gasteiger partial charge in [0.2, 0.25) is 0 Å². The van der Waals surface area contributed by atoms with Crippen LogP contribution in [0.15, 0.2) is 18.3 Å². The molecule has 0 aliphatic heterocycles. The van der Waals surface area contributed by atoms with Crippen molar-refractivity contribution in [2.75, 3.05) is 0 Å². The molecule has 1 aromatic rings. The van der Waals surface area contributed by atoms with Crippen molar-refractivity contribution in [2.24, 2.45) is 5.73 Å². The minimum Gasteiger partial charge on any atom is -0.372 e. The number of aromatic nitrogens is 1. The highest BCUT2D eigenvalue weighted by molar-refractivity contribution is 5.16. The van der Waals surface area contributed by atoms with Crippen LogP contribution in [0.3, 0.4) is 0 Å². The second-order valence-electron chi connectivity index (χ2n) is 4.27. The van der Waals surface area contributed by atoms with Gasteiger partial charge >= 0.3 is 0 Å². The zero-order valence-corrected chi connectivity index (χ0v) is 9.15. The molecule has 2 rings (SSSR count). The van der Waals surface area contributed by atoms with Crippen molar-refractivity contribution in [1.82, 2.24) is 4.98 Å². The van der Waals surface area contributed by atoms with E-state index < -0.39 is 0 Å². The highest BCUT2D eigenvalue weighted by Gasteiger charge is 2.22. The first kappa shape index (κ1) is 10.6. The van der Waals surface area contributed by atoms with Crippen molar-refractivity contribution in [2.45, 2.75) is 44.9 Å². The van der Waals surface area contributed by atoms with Crippen LogP contribution in [0.4, 0.5) is 0 Å². The van der Waals surface area contributed by atoms with Crippen molar-refractivity contribution >= 4 is 0 Å². The smallest absolute Gasteiger partial charge is 0.0894 e. The monoisotopic (exact) mass is 206 g/mol. The number of ether oxygens (including phenoxy) is 1. The molecule has 3 heteroatoms. The molecule has 82 valence electrons. The zero-order valence-electron chi connectivity index (χ0n) is 9.15. The summed E-state index contributed by atoms with van der Waals surface area (Å²) in [5, 5.41) is 0. The van der Waals surface area contributed by atoms with E-state index in [1.807, 2.05) is 12.3 Å². The summed E-state index contributed by atoms with van der Waals surface area (Å²) in [7, 11) is 0. The third kappa shape index (κ3) is 2.76. The third-order valence-corrected chi connectivity index (χ3v) is 3.00. The molecule has 0 radical (unpaired) electrons. The molecule has 1 aromatic heterocycles. The molecule has 2 N–H and O–H groups in total. The van der Waals surface area contributed by atoms with Crippen LogP contribution in [-0.4, -0.2) is 17.1 Å². The molecule has 0 spiro atoms. The number of nitrogens with zero attached hydrogens (tertiary/aromatic N) is 1. The van der Waals surface area contributed by atoms with Gasteiger partial charge in [-0.2, -0.15) is 0 Å². The van der Waals surface area contributed by atoms with Crippen molar-refractivity contribution in [3.63, 3.8) is 0 Å². The van der Waals surface area contributed by atoms with Gasteiger partial charge in [0.1, 0.15) is 0 Å². The molecular formula is C12H18N2O. The fourth-order valence-electron chi connectivity index (χ4n) is 1.99. The molecule has 0 amide bonds. The maximum atomic E-state index is 5.83. The van der Waals surface area contributed by atoms with Crippen LogP contribution >= 0.6 is 0 Å². The summed E-state index contributed by atoms with van der Waals surface area (Å²) < 4.78 is 5.80. The highest BCUT2D eigenvalue weighted by Crippen LogP contribution is 2.21. The molecule has 0 saturated heterocycles. The summed E-state index contributed by atoms with van der Waals surface area (Å²) in [5.41, 5.74) is 8.06. The van der Waals surface area contributed by atoms with Crippen molar-refractivity contribution in [1.29, 1.82) is 0 Å². The summed E-state index contributed by atoms with van der Waals surface area (Å²) >= 11 is 0. The molecule has 1 fully saturated rings. The normalized spacial score (nSPS) is 25.7. The quantitative estimate of drug-likeness (QED) is 0.820. The Hall–Kier alpha value is -0.930. The van der Waals surface area contributed by atoms with E-state index in [1.165, 1.54) is 5.56 Å². The van der Waals surface area contributed by atoms with Crippen molar-refractivity contribution < 1.29 is 4.74 Å². The van der Waals surface area contributed by atoms with E-state index in [1.54, 1.807) is 0 Å². The Balaban J connectivity index is 1.86. The van der Waals surface area contributed by atoms with Crippen LogP contribution in [0, 0.1) is 6.92 Å². The van der Waals surface area contributed by atoms with Crippen LogP contribution in [0.1, 0.15) is 30.5 Å². The lowest BCUT2D eigenvalue weighted by Gasteiger charge is -2.12. The van der Waals surface area contributed by atoms with Gasteiger partial charge in [-0.05, 0) is 37.8 Å². The summed E-state index contributed by atoms with van der Waals surface area (Å²) in [6, 6.07) is 4.34. The Bertz CT molecular complexity index is 327. The first-order valence-corrected chi connectivity index (χ1v) is 5.53. The number of aryl methyl sites for hydroxylation is 1. The van der Waals surface area contributed by atoms with E-state index in [2.05, 4.69) is 18.0 Å². The minimum atomic E-state index is 0.333. The molecule has 3 nitrogen and oxygen atoms in total. The maximum absolute atomic E-state index is 5.83. The SMILES string of the molecule is Cc1cccnc1COC1CCC(N)C1. The molecule has 1 saturated carbocycles. The van der Waals surface area contributed by atoms with Crippen molar-refractivity contribution in [3.8, 4) is 0 Å². The largest absolute Gasteiger partial charge is 0.372 e. The van der Waals surface area contributed by atoms with Crippen LogP contribution in [0.25, 0.3) is 0 Å². The molecule has 2 unspecified atom stereocenters. The van der Waals surface area contributed by atoms with Crippen LogP contribution in [0.5, 0.6) is 0 Å². The minimum absolute atomic E-state index is 0.333. The number of rotatable bonds is 3. The lowest BCUT2D eigenvalue weighted by molar-refractivity contribution is 0.0426. The predicted molar refractivity (Wildman–Crippen MR) is 59.4 cm³/mol. The molecule has 1 heterocycles. The first-order valence-electron chi connectivity index (χ1n) is 5.53. The van der Waals surface area contributed by atoms with E-state index in [-0.39, 0.29) is 0 Å². The third-order valence-electron chi connectivity index (χ3n) is 3.00. The first-order chi connectivity index (χ1) is 7.25. The lowest BCUT2D eigenvalue weighted by atomic mass is 10.2. The van der Waals surface area contributed by atoms with Crippen LogP contribution in [-0.2, 0) is 11.3 Å². The van der Waals surface area contributed by atoms with Gasteiger partial charge in [-0.15, -0.1) is 0 Å². The van der Waals surface area contributed by atoms with Gasteiger partial charge in [-0.25, -0.2) is 0 Å². The Labute approximate surface area is 90.7 Å². The zero-order chi connectivity index (χ0) is 10.7. The van der Waals surface area contributed by atoms with Gasteiger partial charge < -0.3 is 10.5 Å². The van der Waals surface area contributed by atoms with Crippen molar-refractivity contribution in [3.05, 3.63) is 29.6 Å². The summed E-state index contributed by atoms with van der Waals surface area (Å²) in [6.07, 6.45) is 5.32. The van der Waals surface area contributed by atoms with Gasteiger partial charge in [0.05, 0.1) is 18.4 Å². The maximum Gasteiger partial charge on any atom is 0.0894 e. The average molecular weight is 206 g/mol. The van der Waals surface area contributed by atoms with Gasteiger partial charge in [-0.1, -0.05) is 6.07 Å². The van der Waals surface area contributed by atoms with E-state index in [9.17, 15) is 0 Å². The Morgan fingerprint density at radius 3 is 3.07 bits per heavy atom. The van der Waals surface area contributed by atoms with E-state index in [0.717, 1.165) is 25.0 Å². The molecule has 0 aromatic carbocycles. The fraction of sp³-hybridized carbons (Fsp3) is 0.583. The topological polar surface area (TPSA) is 48.1 Å². The Kier molecular flexibility index (Phi) is 3.34. The van der Waals surface area contributed by atoms with E-state index in [4.69, 9.17) is 10.5 Å². The molecule has 2 atom stereocenters. The van der Waals surface area contributed by atoms with E-state index in [0.29, 0.717) is 18.8 Å². The fourth-order valence-corrected chi connectivity index (χ4v) is 1.99. The van der Waals surface area contributed by atoms with E-state index >= 15 is 0 Å². The lowest BCUT2D eigenvalue weighted by Crippen LogP contribution is -2.17. The summed E-state index contributed by atoms with van der Waals surface area (Å²) in [6.45, 7) is 2.68. The number of hydrogen-bond acceptors (Lipinski definition) is 3. The van der Waals surface area contributed by atoms with Gasteiger partial charge in [0, 0.05) is 12.2 Å². The second-order valence-corrected chi connectivity index (χ2v) is 4.27. The standard InChI is InChI=1S/C12H18N2O/c1-9-3-2-6-14-12(9)8-15-11-5-4-10(13)7-11/h2-3,6,10-11H,4-5,7-8,13H2,1H3. The van der Waals surface area contributed by atoms with Crippen LogP contribution in [0.2, 0.25) is 0 Å². The number of hydrogen-bond donors (Lipinski definition) is 1. The molecule has 1 aliphatic rings. The molecule has 1 aliphatic carbocycles. The average Bonchev–Trinajstić information content (AvgIpc) is 2.63. The number of pyridine rings is 1. The molecule has 15 heavy (non-hydrogen) atoms. The van der Waals surface area contributed by atoms with Gasteiger partial charge in [-0.3, -0.25) is 4.98 Å². The van der Waals surface area contributed by atoms with Gasteiger partial charge in [0.15, 0.2) is 0 Å². The Morgan fingerprint density at radius 1 is 1.53 bits per heavy atom. The summed E-state index contributed by atoms with van der Waals surface area (Å²) in [5.74, 6) is 0. The van der Waals surface area contributed by atoms with Gasteiger partial charge in [0.25, 0.3) is 0 Å². The predicted octanol–water partition coefficient (Wildman–Crippen LogP) is 1.79.